The molecule has 14 heavy (non-hydrogen) atoms. The van der Waals surface area contributed by atoms with Gasteiger partial charge in [-0.3, -0.25) is 0 Å². The Morgan fingerprint density at radius 2 is 2.07 bits per heavy atom. The molecule has 1 aliphatic heterocycles. The van der Waals surface area contributed by atoms with E-state index in [1.165, 1.54) is 16.7 Å². The molecule has 1 aromatic carbocycles. The van der Waals surface area contributed by atoms with Gasteiger partial charge in [0.25, 0.3) is 0 Å². The van der Waals surface area contributed by atoms with E-state index in [1.54, 1.807) is 0 Å². The molecule has 1 aromatic rings. The highest BCUT2D eigenvalue weighted by Crippen LogP contribution is 2.24. The van der Waals surface area contributed by atoms with Crippen LogP contribution in [0.4, 0.5) is 0 Å². The Hall–Kier alpha value is -0.890. The lowest BCUT2D eigenvalue weighted by molar-refractivity contribution is 0.451. The minimum atomic E-state index is 0.0966. The van der Waals surface area contributed by atoms with Crippen LogP contribution in [0.2, 0.25) is 0 Å². The second kappa shape index (κ2) is 3.06. The number of hydrogen-bond acceptors (Lipinski definition) is 1. The van der Waals surface area contributed by atoms with E-state index in [2.05, 4.69) is 44.3 Å². The molecule has 0 aromatic heterocycles. The van der Waals surface area contributed by atoms with Gasteiger partial charge in [-0.15, -0.1) is 0 Å². The zero-order valence-electron chi connectivity index (χ0n) is 8.85. The van der Waals surface area contributed by atoms with Crippen molar-refractivity contribution < 1.29 is 0 Å². The molecule has 0 unspecified atom stereocenters. The number of aryl methyl sites for hydroxylation is 1. The average molecular weight is 205 g/mol. The molecule has 1 nitrogen and oxygen atoms in total. The van der Waals surface area contributed by atoms with Crippen LogP contribution in [0.3, 0.4) is 0 Å². The van der Waals surface area contributed by atoms with Crippen molar-refractivity contribution in [1.29, 1.82) is 0 Å². The van der Waals surface area contributed by atoms with E-state index >= 15 is 0 Å². The molecule has 0 amide bonds. The minimum Gasteiger partial charge on any atom is -0.371 e. The van der Waals surface area contributed by atoms with Gasteiger partial charge in [-0.25, -0.2) is 0 Å². The number of fused-ring (bicyclic) bond motifs is 1. The zero-order chi connectivity index (χ0) is 10.3. The molecule has 2 heteroatoms. The molecular formula is C12H15NS. The van der Waals surface area contributed by atoms with E-state index in [9.17, 15) is 0 Å². The van der Waals surface area contributed by atoms with Crippen molar-refractivity contribution in [3.8, 4) is 0 Å². The summed E-state index contributed by atoms with van der Waals surface area (Å²) in [6.45, 7) is 6.47. The first-order chi connectivity index (χ1) is 6.48. The van der Waals surface area contributed by atoms with Crippen LogP contribution in [-0.4, -0.2) is 10.5 Å². The van der Waals surface area contributed by atoms with Gasteiger partial charge >= 0.3 is 0 Å². The van der Waals surface area contributed by atoms with Crippen LogP contribution in [-0.2, 0) is 6.42 Å². The highest BCUT2D eigenvalue weighted by molar-refractivity contribution is 7.80. The van der Waals surface area contributed by atoms with Crippen LogP contribution in [0.15, 0.2) is 18.2 Å². The highest BCUT2D eigenvalue weighted by Gasteiger charge is 2.27. The van der Waals surface area contributed by atoms with Gasteiger partial charge in [0.05, 0.1) is 0 Å². The maximum absolute atomic E-state index is 5.36. The van der Waals surface area contributed by atoms with E-state index in [-0.39, 0.29) is 5.54 Å². The summed E-state index contributed by atoms with van der Waals surface area (Å²) in [5.74, 6) is 0. The lowest BCUT2D eigenvalue weighted by atomic mass is 9.87. The van der Waals surface area contributed by atoms with Crippen molar-refractivity contribution in [2.75, 3.05) is 0 Å². The number of benzene rings is 1. The Morgan fingerprint density at radius 3 is 2.79 bits per heavy atom. The zero-order valence-corrected chi connectivity index (χ0v) is 9.66. The Bertz CT molecular complexity index is 393. The fourth-order valence-corrected chi connectivity index (χ4v) is 2.42. The summed E-state index contributed by atoms with van der Waals surface area (Å²) in [7, 11) is 0. The first kappa shape index (κ1) is 9.66. The molecular weight excluding hydrogens is 190 g/mol. The number of nitrogens with one attached hydrogen (secondary N) is 1. The molecule has 0 spiro atoms. The summed E-state index contributed by atoms with van der Waals surface area (Å²) in [5.41, 5.74) is 3.94. The normalized spacial score (nSPS) is 18.6. The Morgan fingerprint density at radius 1 is 1.36 bits per heavy atom. The maximum atomic E-state index is 5.36. The van der Waals surface area contributed by atoms with Crippen LogP contribution >= 0.6 is 12.2 Å². The van der Waals surface area contributed by atoms with Gasteiger partial charge < -0.3 is 5.32 Å². The van der Waals surface area contributed by atoms with Crippen LogP contribution < -0.4 is 5.32 Å². The van der Waals surface area contributed by atoms with E-state index in [0.29, 0.717) is 0 Å². The van der Waals surface area contributed by atoms with Crippen molar-refractivity contribution in [2.24, 2.45) is 0 Å². The first-order valence-corrected chi connectivity index (χ1v) is 5.31. The van der Waals surface area contributed by atoms with Crippen LogP contribution in [0.1, 0.15) is 30.5 Å². The van der Waals surface area contributed by atoms with Crippen LogP contribution in [0.25, 0.3) is 0 Å². The maximum Gasteiger partial charge on any atom is 0.107 e. The van der Waals surface area contributed by atoms with Crippen molar-refractivity contribution in [2.45, 2.75) is 32.7 Å². The van der Waals surface area contributed by atoms with Gasteiger partial charge in [-0.2, -0.15) is 0 Å². The molecule has 0 saturated carbocycles. The molecule has 0 bridgehead atoms. The molecule has 74 valence electrons. The molecule has 0 aliphatic carbocycles. The smallest absolute Gasteiger partial charge is 0.107 e. The first-order valence-electron chi connectivity index (χ1n) is 4.90. The summed E-state index contributed by atoms with van der Waals surface area (Å²) in [6, 6.07) is 6.52. The van der Waals surface area contributed by atoms with Crippen molar-refractivity contribution in [1.82, 2.24) is 5.32 Å². The minimum absolute atomic E-state index is 0.0966. The summed E-state index contributed by atoms with van der Waals surface area (Å²) in [4.78, 5) is 0.889. The third-order valence-corrected chi connectivity index (χ3v) is 2.92. The third kappa shape index (κ3) is 1.67. The van der Waals surface area contributed by atoms with E-state index in [4.69, 9.17) is 12.2 Å². The van der Waals surface area contributed by atoms with Crippen LogP contribution in [0.5, 0.6) is 0 Å². The van der Waals surface area contributed by atoms with Gasteiger partial charge in [0.2, 0.25) is 0 Å². The van der Waals surface area contributed by atoms with Gasteiger partial charge in [-0.05, 0) is 38.8 Å². The predicted molar refractivity (Wildman–Crippen MR) is 63.8 cm³/mol. The predicted octanol–water partition coefficient (Wildman–Crippen LogP) is 2.59. The lowest BCUT2D eigenvalue weighted by Gasteiger charge is -2.34. The Labute approximate surface area is 90.5 Å². The fraction of sp³-hybridized carbons (Fsp3) is 0.417. The lowest BCUT2D eigenvalue weighted by Crippen LogP contribution is -2.48. The molecule has 1 heterocycles. The van der Waals surface area contributed by atoms with Crippen molar-refractivity contribution in [3.63, 3.8) is 0 Å². The Kier molecular flexibility index (Phi) is 2.11. The molecule has 0 atom stereocenters. The SMILES string of the molecule is Cc1ccc2c(c1)C(=S)NC(C)(C)C2. The second-order valence-corrected chi connectivity index (χ2v) is 5.08. The summed E-state index contributed by atoms with van der Waals surface area (Å²) in [6.07, 6.45) is 1.04. The quantitative estimate of drug-likeness (QED) is 0.653. The van der Waals surface area contributed by atoms with Gasteiger partial charge in [0.1, 0.15) is 4.99 Å². The van der Waals surface area contributed by atoms with Gasteiger partial charge in [0.15, 0.2) is 0 Å². The van der Waals surface area contributed by atoms with E-state index in [0.717, 1.165) is 11.4 Å². The average Bonchev–Trinajstić information content (AvgIpc) is 2.05. The monoisotopic (exact) mass is 205 g/mol. The molecule has 0 saturated heterocycles. The number of thiocarbonyl (C=S) groups is 1. The highest BCUT2D eigenvalue weighted by atomic mass is 32.1. The third-order valence-electron chi connectivity index (χ3n) is 2.59. The largest absolute Gasteiger partial charge is 0.371 e. The van der Waals surface area contributed by atoms with Gasteiger partial charge in [0, 0.05) is 11.1 Å². The fourth-order valence-electron chi connectivity index (χ4n) is 1.95. The van der Waals surface area contributed by atoms with E-state index in [1.807, 2.05) is 0 Å². The van der Waals surface area contributed by atoms with E-state index < -0.39 is 0 Å². The van der Waals surface area contributed by atoms with Crippen molar-refractivity contribution in [3.05, 3.63) is 34.9 Å². The summed E-state index contributed by atoms with van der Waals surface area (Å²) >= 11 is 5.36. The van der Waals surface area contributed by atoms with Gasteiger partial charge in [-0.1, -0.05) is 29.9 Å². The molecule has 1 N–H and O–H groups in total. The topological polar surface area (TPSA) is 12.0 Å². The summed E-state index contributed by atoms with van der Waals surface area (Å²) < 4.78 is 0. The second-order valence-electron chi connectivity index (χ2n) is 4.68. The molecule has 2 rings (SSSR count). The molecule has 1 aliphatic rings. The number of hydrogen-bond donors (Lipinski definition) is 1. The standard InChI is InChI=1S/C12H15NS/c1-8-4-5-9-7-12(2,3)13-11(14)10(9)6-8/h4-6H,7H2,1-3H3,(H,13,14). The summed E-state index contributed by atoms with van der Waals surface area (Å²) in [5, 5.41) is 3.37. The molecule has 0 fully saturated rings. The van der Waals surface area contributed by atoms with Crippen molar-refractivity contribution >= 4 is 17.2 Å². The molecule has 0 radical (unpaired) electrons. The Balaban J connectivity index is 2.50. The number of rotatable bonds is 0. The van der Waals surface area contributed by atoms with Crippen LogP contribution in [0, 0.1) is 6.92 Å².